The van der Waals surface area contributed by atoms with Gasteiger partial charge in [-0.2, -0.15) is 0 Å². The number of tetrazole rings is 1. The largest absolute Gasteiger partial charge is 0.354 e. The molecule has 0 aliphatic carbocycles. The van der Waals surface area contributed by atoms with E-state index in [1.807, 2.05) is 0 Å². The van der Waals surface area contributed by atoms with Crippen LogP contribution in [-0.4, -0.2) is 40.7 Å². The number of aromatic nitrogens is 4. The van der Waals surface area contributed by atoms with Crippen molar-refractivity contribution in [2.24, 2.45) is 0 Å². The summed E-state index contributed by atoms with van der Waals surface area (Å²) < 4.78 is 24.9. The van der Waals surface area contributed by atoms with Crippen LogP contribution in [0.1, 0.15) is 5.56 Å². The third-order valence-corrected chi connectivity index (χ3v) is 4.02. The fraction of sp³-hybridized carbons (Fsp3) is 0.417. The van der Waals surface area contributed by atoms with Gasteiger partial charge < -0.3 is 9.47 Å². The average Bonchev–Trinajstić information content (AvgIpc) is 2.93. The number of methoxy groups -OCH3 is 2. The minimum Gasteiger partial charge on any atom is -0.354 e. The molecule has 0 bridgehead atoms. The molecule has 1 aromatic carbocycles. The average molecular weight is 333 g/mol. The molecule has 0 N–H and O–H groups in total. The van der Waals surface area contributed by atoms with E-state index in [0.29, 0.717) is 17.5 Å². The molecule has 0 saturated carbocycles. The molecule has 1 heterocycles. The maximum atomic E-state index is 13.1. The summed E-state index contributed by atoms with van der Waals surface area (Å²) in [7, 11) is 3.09. The van der Waals surface area contributed by atoms with Crippen molar-refractivity contribution in [2.45, 2.75) is 23.7 Å². The first-order chi connectivity index (χ1) is 10.1. The quantitative estimate of drug-likeness (QED) is 0.573. The minimum atomic E-state index is -0.432. The summed E-state index contributed by atoms with van der Waals surface area (Å²) in [5.41, 5.74) is 0.885. The Balaban J connectivity index is 2.00. The number of hydrogen-bond donors (Lipinski definition) is 0. The maximum Gasteiger partial charge on any atom is 0.209 e. The SMILES string of the molecule is COC(Cn1nnnc1SCc1ccc(F)c(Cl)c1)OC. The van der Waals surface area contributed by atoms with Crippen LogP contribution in [0.2, 0.25) is 5.02 Å². The van der Waals surface area contributed by atoms with Gasteiger partial charge in [0.05, 0.1) is 11.6 Å². The number of nitrogens with zero attached hydrogens (tertiary/aromatic N) is 4. The number of benzene rings is 1. The number of hydrogen-bond acceptors (Lipinski definition) is 6. The second kappa shape index (κ2) is 7.69. The van der Waals surface area contributed by atoms with Gasteiger partial charge >= 0.3 is 0 Å². The molecular weight excluding hydrogens is 319 g/mol. The van der Waals surface area contributed by atoms with Gasteiger partial charge in [-0.1, -0.05) is 29.4 Å². The normalized spacial score (nSPS) is 11.3. The zero-order valence-corrected chi connectivity index (χ0v) is 13.1. The Labute approximate surface area is 130 Å². The molecule has 0 amide bonds. The van der Waals surface area contributed by atoms with Gasteiger partial charge in [-0.05, 0) is 28.1 Å². The third-order valence-electron chi connectivity index (χ3n) is 2.70. The second-order valence-corrected chi connectivity index (χ2v) is 5.43. The standard InChI is InChI=1S/C12H14ClFN4O2S/c1-19-11(20-2)6-18-12(15-16-17-18)21-7-8-3-4-10(14)9(13)5-8/h3-5,11H,6-7H2,1-2H3. The first kappa shape index (κ1) is 16.2. The Morgan fingerprint density at radius 2 is 2.14 bits per heavy atom. The zero-order valence-electron chi connectivity index (χ0n) is 11.5. The predicted molar refractivity (Wildman–Crippen MR) is 76.6 cm³/mol. The summed E-state index contributed by atoms with van der Waals surface area (Å²) in [6, 6.07) is 4.60. The van der Waals surface area contributed by atoms with E-state index in [1.54, 1.807) is 31.0 Å². The molecule has 6 nitrogen and oxygen atoms in total. The molecule has 1 aromatic heterocycles. The number of rotatable bonds is 7. The number of halogens is 2. The molecule has 0 radical (unpaired) electrons. The van der Waals surface area contributed by atoms with Crippen LogP contribution in [0.15, 0.2) is 23.4 Å². The highest BCUT2D eigenvalue weighted by Crippen LogP contribution is 2.23. The minimum absolute atomic E-state index is 0.103. The predicted octanol–water partition coefficient (Wildman–Crippen LogP) is 2.38. The van der Waals surface area contributed by atoms with Crippen LogP contribution in [0.4, 0.5) is 4.39 Å². The lowest BCUT2D eigenvalue weighted by atomic mass is 10.2. The van der Waals surface area contributed by atoms with E-state index in [4.69, 9.17) is 21.1 Å². The Morgan fingerprint density at radius 3 is 2.81 bits per heavy atom. The Bertz CT molecular complexity index is 594. The van der Waals surface area contributed by atoms with E-state index >= 15 is 0 Å². The monoisotopic (exact) mass is 332 g/mol. The molecule has 0 aliphatic heterocycles. The fourth-order valence-electron chi connectivity index (χ4n) is 1.58. The van der Waals surface area contributed by atoms with E-state index in [0.717, 1.165) is 5.56 Å². The lowest BCUT2D eigenvalue weighted by molar-refractivity contribution is -0.113. The summed E-state index contributed by atoms with van der Waals surface area (Å²) in [6.45, 7) is 0.381. The van der Waals surface area contributed by atoms with Crippen LogP contribution in [-0.2, 0) is 21.8 Å². The van der Waals surface area contributed by atoms with Crippen molar-refractivity contribution in [3.05, 3.63) is 34.6 Å². The molecule has 0 unspecified atom stereocenters. The first-order valence-electron chi connectivity index (χ1n) is 6.02. The lowest BCUT2D eigenvalue weighted by Gasteiger charge is -2.13. The third kappa shape index (κ3) is 4.37. The molecule has 0 fully saturated rings. The highest BCUT2D eigenvalue weighted by Gasteiger charge is 2.13. The van der Waals surface area contributed by atoms with E-state index in [-0.39, 0.29) is 5.02 Å². The smallest absolute Gasteiger partial charge is 0.209 e. The van der Waals surface area contributed by atoms with Crippen LogP contribution >= 0.6 is 23.4 Å². The topological polar surface area (TPSA) is 62.1 Å². The number of ether oxygens (including phenoxy) is 2. The molecular formula is C12H14ClFN4O2S. The van der Waals surface area contributed by atoms with Crippen LogP contribution in [0.3, 0.4) is 0 Å². The molecule has 0 atom stereocenters. The van der Waals surface area contributed by atoms with Gasteiger partial charge in [0.15, 0.2) is 6.29 Å². The molecule has 9 heteroatoms. The summed E-state index contributed by atoms with van der Waals surface area (Å²) >= 11 is 7.17. The van der Waals surface area contributed by atoms with Crippen molar-refractivity contribution in [3.63, 3.8) is 0 Å². The highest BCUT2D eigenvalue weighted by atomic mass is 35.5. The summed E-state index contributed by atoms with van der Waals surface area (Å²) in [5, 5.41) is 12.2. The van der Waals surface area contributed by atoms with Crippen molar-refractivity contribution < 1.29 is 13.9 Å². The highest BCUT2D eigenvalue weighted by molar-refractivity contribution is 7.98. The molecule has 114 valence electrons. The van der Waals surface area contributed by atoms with E-state index in [9.17, 15) is 4.39 Å². The molecule has 2 rings (SSSR count). The van der Waals surface area contributed by atoms with Crippen LogP contribution in [0.25, 0.3) is 0 Å². The van der Waals surface area contributed by atoms with E-state index < -0.39 is 12.1 Å². The molecule has 0 aliphatic rings. The summed E-state index contributed by atoms with van der Waals surface area (Å²) in [6.07, 6.45) is -0.423. The molecule has 0 saturated heterocycles. The van der Waals surface area contributed by atoms with Crippen molar-refractivity contribution in [1.82, 2.24) is 20.2 Å². The van der Waals surface area contributed by atoms with Crippen LogP contribution in [0, 0.1) is 5.82 Å². The van der Waals surface area contributed by atoms with Gasteiger partial charge in [-0.15, -0.1) is 5.10 Å². The lowest BCUT2D eigenvalue weighted by Crippen LogP contribution is -2.21. The van der Waals surface area contributed by atoms with Gasteiger partial charge in [0.1, 0.15) is 5.82 Å². The van der Waals surface area contributed by atoms with Crippen molar-refractivity contribution in [1.29, 1.82) is 0 Å². The van der Waals surface area contributed by atoms with E-state index in [2.05, 4.69) is 15.5 Å². The van der Waals surface area contributed by atoms with Crippen LogP contribution < -0.4 is 0 Å². The van der Waals surface area contributed by atoms with Crippen molar-refractivity contribution in [3.8, 4) is 0 Å². The maximum absolute atomic E-state index is 13.1. The summed E-state index contributed by atoms with van der Waals surface area (Å²) in [5.74, 6) is 0.142. The number of thioether (sulfide) groups is 1. The molecule has 0 spiro atoms. The van der Waals surface area contributed by atoms with Crippen molar-refractivity contribution in [2.75, 3.05) is 14.2 Å². The van der Waals surface area contributed by atoms with E-state index in [1.165, 1.54) is 17.8 Å². The zero-order chi connectivity index (χ0) is 15.2. The fourth-order valence-corrected chi connectivity index (χ4v) is 2.61. The van der Waals surface area contributed by atoms with Gasteiger partial charge in [-0.25, -0.2) is 9.07 Å². The van der Waals surface area contributed by atoms with Gasteiger partial charge in [0, 0.05) is 20.0 Å². The van der Waals surface area contributed by atoms with Crippen molar-refractivity contribution >= 4 is 23.4 Å². The Hall–Kier alpha value is -1.22. The molecule has 21 heavy (non-hydrogen) atoms. The Kier molecular flexibility index (Phi) is 5.92. The van der Waals surface area contributed by atoms with Gasteiger partial charge in [-0.3, -0.25) is 0 Å². The summed E-state index contributed by atoms with van der Waals surface area (Å²) in [4.78, 5) is 0. The molecule has 2 aromatic rings. The van der Waals surface area contributed by atoms with Gasteiger partial charge in [0.25, 0.3) is 0 Å². The first-order valence-corrected chi connectivity index (χ1v) is 7.39. The van der Waals surface area contributed by atoms with Gasteiger partial charge in [0.2, 0.25) is 5.16 Å². The Morgan fingerprint density at radius 1 is 1.38 bits per heavy atom. The van der Waals surface area contributed by atoms with Crippen LogP contribution in [0.5, 0.6) is 0 Å². The second-order valence-electron chi connectivity index (χ2n) is 4.08.